The molecule has 0 spiro atoms. The van der Waals surface area contributed by atoms with Crippen LogP contribution in [0.2, 0.25) is 0 Å². The van der Waals surface area contributed by atoms with Crippen molar-refractivity contribution in [3.05, 3.63) is 144 Å². The van der Waals surface area contributed by atoms with Crippen LogP contribution in [0.5, 0.6) is 17.2 Å². The predicted octanol–water partition coefficient (Wildman–Crippen LogP) is 9.55. The van der Waals surface area contributed by atoms with Crippen molar-refractivity contribution in [2.45, 2.75) is 85.2 Å². The monoisotopic (exact) mass is 820 g/mol. The Morgan fingerprint density at radius 1 is 0.564 bits per heavy atom. The Bertz CT molecular complexity index is 1730. The van der Waals surface area contributed by atoms with E-state index in [1.165, 1.54) is 60.0 Å². The van der Waals surface area contributed by atoms with Crippen LogP contribution in [-0.4, -0.2) is 20.3 Å². The summed E-state index contributed by atoms with van der Waals surface area (Å²) < 4.78 is 19.4. The van der Waals surface area contributed by atoms with E-state index < -0.39 is 7.26 Å². The second-order valence-corrected chi connectivity index (χ2v) is 18.0. The van der Waals surface area contributed by atoms with E-state index >= 15 is 0 Å². The first-order valence-electron chi connectivity index (χ1n) is 20.3. The van der Waals surface area contributed by atoms with Crippen LogP contribution in [0.15, 0.2) is 127 Å². The number of rotatable bonds is 22. The number of ether oxygens (including phenoxy) is 3. The van der Waals surface area contributed by atoms with Crippen molar-refractivity contribution in [1.29, 1.82) is 0 Å². The number of benzene rings is 5. The number of hydrogen-bond acceptors (Lipinski definition) is 3. The van der Waals surface area contributed by atoms with E-state index in [2.05, 4.69) is 155 Å². The Balaban J connectivity index is 0.00000673. The summed E-state index contributed by atoms with van der Waals surface area (Å²) in [5.41, 5.74) is 3.35. The third-order valence-electron chi connectivity index (χ3n) is 10.8. The third kappa shape index (κ3) is 12.1. The summed E-state index contributed by atoms with van der Waals surface area (Å²) in [6.45, 7) is 10.5. The second kappa shape index (κ2) is 23.3. The molecule has 0 aromatic heterocycles. The molecule has 0 heterocycles. The molecule has 5 aromatic carbocycles. The Kier molecular flexibility index (Phi) is 18.6. The minimum Gasteiger partial charge on any atom is -1.00 e. The standard InChI is InChI=1S/C50H62O3P.BrH/c1-6-10-21-40(8-3)37-52-49-36-44(39-54(46-23-15-12-16-24-46,47-25-17-13-18-26-47)48-27-19-14-20-28-48)50(53-38-41(9-4)22-11-7-2)35-43(49)32-29-42-30-33-45(51-5)34-31-42;/h12-20,23-36,40-41H,6-11,21-22,37-39H2,1-5H3;1H/q+1;/p-1. The molecule has 0 saturated carbocycles. The molecule has 2 atom stereocenters. The fraction of sp³-hybridized carbons (Fsp3) is 0.360. The molecule has 0 amide bonds. The molecule has 2 unspecified atom stereocenters. The first-order chi connectivity index (χ1) is 26.5. The molecule has 0 radical (unpaired) electrons. The summed E-state index contributed by atoms with van der Waals surface area (Å²) in [4.78, 5) is 0. The normalized spacial score (nSPS) is 12.5. The van der Waals surface area contributed by atoms with Gasteiger partial charge in [-0.15, -0.1) is 0 Å². The zero-order valence-electron chi connectivity index (χ0n) is 33.8. The van der Waals surface area contributed by atoms with Crippen molar-refractivity contribution in [2.24, 2.45) is 11.8 Å². The van der Waals surface area contributed by atoms with Gasteiger partial charge in [-0.1, -0.05) is 145 Å². The smallest absolute Gasteiger partial charge is 0.127 e. The van der Waals surface area contributed by atoms with Crippen LogP contribution in [0.3, 0.4) is 0 Å². The second-order valence-electron chi connectivity index (χ2n) is 14.5. The van der Waals surface area contributed by atoms with Gasteiger partial charge in [0.15, 0.2) is 0 Å². The van der Waals surface area contributed by atoms with E-state index in [1.807, 2.05) is 12.1 Å². The summed E-state index contributed by atoms with van der Waals surface area (Å²) in [5.74, 6) is 3.74. The van der Waals surface area contributed by atoms with Crippen LogP contribution in [0.25, 0.3) is 12.2 Å². The van der Waals surface area contributed by atoms with Crippen molar-refractivity contribution < 1.29 is 31.2 Å². The highest BCUT2D eigenvalue weighted by atomic mass is 79.9. The summed E-state index contributed by atoms with van der Waals surface area (Å²) in [7, 11) is -0.498. The lowest BCUT2D eigenvalue weighted by Crippen LogP contribution is -3.00. The molecule has 5 rings (SSSR count). The average molecular weight is 822 g/mol. The lowest BCUT2D eigenvalue weighted by Gasteiger charge is -2.29. The van der Waals surface area contributed by atoms with Crippen LogP contribution in [0, 0.1) is 11.8 Å². The quantitative estimate of drug-likeness (QED) is 0.0515. The zero-order chi connectivity index (χ0) is 38.0. The SMILES string of the molecule is CCCCC(CC)COc1cc(C[P+](c2ccccc2)(c2ccccc2)c2ccccc2)c(OCC(CC)CCCC)cc1C=Cc1ccc(OC)cc1.[Br-]. The lowest BCUT2D eigenvalue weighted by molar-refractivity contribution is -0.0000120. The highest BCUT2D eigenvalue weighted by molar-refractivity contribution is 7.95. The van der Waals surface area contributed by atoms with Crippen LogP contribution in [0.4, 0.5) is 0 Å². The van der Waals surface area contributed by atoms with Gasteiger partial charge < -0.3 is 31.2 Å². The topological polar surface area (TPSA) is 27.7 Å². The highest BCUT2D eigenvalue weighted by Crippen LogP contribution is 2.59. The lowest BCUT2D eigenvalue weighted by atomic mass is 10.00. The highest BCUT2D eigenvalue weighted by Gasteiger charge is 2.46. The van der Waals surface area contributed by atoms with E-state index in [-0.39, 0.29) is 17.0 Å². The molecule has 55 heavy (non-hydrogen) atoms. The Morgan fingerprint density at radius 2 is 1.04 bits per heavy atom. The van der Waals surface area contributed by atoms with E-state index in [9.17, 15) is 0 Å². The van der Waals surface area contributed by atoms with E-state index in [0.29, 0.717) is 25.0 Å². The van der Waals surface area contributed by atoms with Gasteiger partial charge in [-0.05, 0) is 90.9 Å². The van der Waals surface area contributed by atoms with Crippen molar-refractivity contribution >= 4 is 35.3 Å². The van der Waals surface area contributed by atoms with Crippen molar-refractivity contribution in [3.8, 4) is 17.2 Å². The molecule has 5 aromatic rings. The summed E-state index contributed by atoms with van der Waals surface area (Å²) in [5, 5.41) is 4.08. The Hall–Kier alpha value is -3.85. The van der Waals surface area contributed by atoms with Gasteiger partial charge in [0.25, 0.3) is 0 Å². The number of methoxy groups -OCH3 is 1. The molecule has 0 fully saturated rings. The number of unbranched alkanes of at least 4 members (excludes halogenated alkanes) is 2. The molecule has 0 aliphatic carbocycles. The fourth-order valence-electron chi connectivity index (χ4n) is 7.27. The molecular weight excluding hydrogens is 759 g/mol. The van der Waals surface area contributed by atoms with Gasteiger partial charge in [-0.2, -0.15) is 0 Å². The van der Waals surface area contributed by atoms with Crippen molar-refractivity contribution in [2.75, 3.05) is 20.3 Å². The maximum Gasteiger partial charge on any atom is 0.127 e. The zero-order valence-corrected chi connectivity index (χ0v) is 36.2. The molecule has 3 nitrogen and oxygen atoms in total. The van der Waals surface area contributed by atoms with E-state index in [1.54, 1.807) is 7.11 Å². The maximum absolute atomic E-state index is 7.03. The molecular formula is C50H62BrO3P. The Labute approximate surface area is 343 Å². The van der Waals surface area contributed by atoms with Gasteiger partial charge in [0.1, 0.15) is 46.6 Å². The van der Waals surface area contributed by atoms with Gasteiger partial charge in [0, 0.05) is 11.1 Å². The van der Waals surface area contributed by atoms with Crippen LogP contribution in [-0.2, 0) is 6.16 Å². The first-order valence-corrected chi connectivity index (χ1v) is 22.3. The maximum atomic E-state index is 7.03. The molecule has 0 saturated heterocycles. The Morgan fingerprint density at radius 3 is 1.47 bits per heavy atom. The van der Waals surface area contributed by atoms with Gasteiger partial charge in [-0.25, -0.2) is 0 Å². The first kappa shape index (κ1) is 43.9. The molecule has 0 aliphatic heterocycles. The van der Waals surface area contributed by atoms with Crippen LogP contribution >= 0.6 is 7.26 Å². The largest absolute Gasteiger partial charge is 1.00 e. The minimum atomic E-state index is -2.20. The molecule has 292 valence electrons. The van der Waals surface area contributed by atoms with Gasteiger partial charge in [0.2, 0.25) is 0 Å². The predicted molar refractivity (Wildman–Crippen MR) is 235 cm³/mol. The van der Waals surface area contributed by atoms with E-state index in [0.717, 1.165) is 47.4 Å². The van der Waals surface area contributed by atoms with E-state index in [4.69, 9.17) is 14.2 Å². The summed E-state index contributed by atoms with van der Waals surface area (Å²) >= 11 is 0. The fourth-order valence-corrected chi connectivity index (χ4v) is 11.5. The third-order valence-corrected chi connectivity index (χ3v) is 15.2. The summed E-state index contributed by atoms with van der Waals surface area (Å²) in [6.07, 6.45) is 14.6. The number of hydrogen-bond donors (Lipinski definition) is 0. The molecule has 0 N–H and O–H groups in total. The van der Waals surface area contributed by atoms with Gasteiger partial charge in [-0.3, -0.25) is 0 Å². The summed E-state index contributed by atoms with van der Waals surface area (Å²) in [6, 6.07) is 46.3. The molecule has 5 heteroatoms. The van der Waals surface area contributed by atoms with Crippen molar-refractivity contribution in [1.82, 2.24) is 0 Å². The van der Waals surface area contributed by atoms with Gasteiger partial charge in [0.05, 0.1) is 20.3 Å². The average Bonchev–Trinajstić information content (AvgIpc) is 3.23. The number of halogens is 1. The molecule has 0 aliphatic rings. The minimum absolute atomic E-state index is 0. The molecule has 0 bridgehead atoms. The van der Waals surface area contributed by atoms with Gasteiger partial charge >= 0.3 is 0 Å². The van der Waals surface area contributed by atoms with Crippen molar-refractivity contribution in [3.63, 3.8) is 0 Å². The van der Waals surface area contributed by atoms with Crippen LogP contribution in [0.1, 0.15) is 95.8 Å². The van der Waals surface area contributed by atoms with Crippen LogP contribution < -0.4 is 47.1 Å².